The Morgan fingerprint density at radius 3 is 2.81 bits per heavy atom. The lowest BCUT2D eigenvalue weighted by Gasteiger charge is -2.17. The molecule has 0 bridgehead atoms. The number of nitrogens with one attached hydrogen (secondary N) is 2. The number of benzene rings is 2. The second-order valence-corrected chi connectivity index (χ2v) is 8.09. The summed E-state index contributed by atoms with van der Waals surface area (Å²) in [6, 6.07) is 13.0. The predicted octanol–water partition coefficient (Wildman–Crippen LogP) is 4.41. The molecule has 4 rings (SSSR count). The molecule has 1 atom stereocenters. The van der Waals surface area contributed by atoms with Gasteiger partial charge in [-0.1, -0.05) is 30.3 Å². The summed E-state index contributed by atoms with van der Waals surface area (Å²) in [5, 5.41) is 9.68. The molecule has 8 heteroatoms. The lowest BCUT2D eigenvalue weighted by molar-refractivity contribution is -0.117. The summed E-state index contributed by atoms with van der Waals surface area (Å²) in [4.78, 5) is 30.9. The van der Waals surface area contributed by atoms with Crippen LogP contribution in [0.3, 0.4) is 0 Å². The van der Waals surface area contributed by atoms with Crippen LogP contribution in [-0.2, 0) is 4.79 Å². The predicted molar refractivity (Wildman–Crippen MR) is 123 cm³/mol. The quantitative estimate of drug-likeness (QED) is 0.600. The van der Waals surface area contributed by atoms with Crippen molar-refractivity contribution in [1.82, 2.24) is 15.5 Å². The first-order valence-electron chi connectivity index (χ1n) is 10.8. The van der Waals surface area contributed by atoms with Crippen LogP contribution in [0.25, 0.3) is 11.4 Å². The van der Waals surface area contributed by atoms with Crippen molar-refractivity contribution in [2.75, 3.05) is 23.3 Å². The first kappa shape index (κ1) is 21.5. The van der Waals surface area contributed by atoms with Crippen molar-refractivity contribution in [2.24, 2.45) is 0 Å². The number of aryl methyl sites for hydroxylation is 2. The third-order valence-corrected chi connectivity index (χ3v) is 5.63. The molecule has 2 N–H and O–H groups in total. The molecule has 0 saturated carbocycles. The molecule has 166 valence electrons. The van der Waals surface area contributed by atoms with Gasteiger partial charge < -0.3 is 20.1 Å². The smallest absolute Gasteiger partial charge is 0.319 e. The van der Waals surface area contributed by atoms with Gasteiger partial charge in [-0.15, -0.1) is 0 Å². The largest absolute Gasteiger partial charge is 0.339 e. The zero-order valence-corrected chi connectivity index (χ0v) is 18.5. The second kappa shape index (κ2) is 9.21. The van der Waals surface area contributed by atoms with Crippen LogP contribution in [0.5, 0.6) is 0 Å². The van der Waals surface area contributed by atoms with Crippen LogP contribution in [0.1, 0.15) is 42.7 Å². The normalized spacial score (nSPS) is 15.8. The highest BCUT2D eigenvalue weighted by atomic mass is 16.5. The molecule has 3 amide bonds. The van der Waals surface area contributed by atoms with Gasteiger partial charge in [-0.3, -0.25) is 4.79 Å². The molecule has 8 nitrogen and oxygen atoms in total. The Balaban J connectivity index is 1.47. The van der Waals surface area contributed by atoms with Gasteiger partial charge >= 0.3 is 6.03 Å². The molecule has 2 heterocycles. The molecule has 1 fully saturated rings. The van der Waals surface area contributed by atoms with Crippen LogP contribution in [0, 0.1) is 13.8 Å². The molecule has 0 spiro atoms. The topological polar surface area (TPSA) is 100 Å². The summed E-state index contributed by atoms with van der Waals surface area (Å²) in [5.41, 5.74) is 4.59. The molecule has 2 aromatic carbocycles. The van der Waals surface area contributed by atoms with E-state index in [-0.39, 0.29) is 17.9 Å². The Labute approximate surface area is 187 Å². The van der Waals surface area contributed by atoms with Gasteiger partial charge in [0.15, 0.2) is 0 Å². The highest BCUT2D eigenvalue weighted by Crippen LogP contribution is 2.33. The molecule has 1 aliphatic rings. The first-order chi connectivity index (χ1) is 15.4. The van der Waals surface area contributed by atoms with E-state index < -0.39 is 0 Å². The number of rotatable bonds is 6. The highest BCUT2D eigenvalue weighted by Gasteiger charge is 2.35. The summed E-state index contributed by atoms with van der Waals surface area (Å²) < 4.78 is 5.51. The van der Waals surface area contributed by atoms with Gasteiger partial charge in [0.25, 0.3) is 0 Å². The Morgan fingerprint density at radius 1 is 1.19 bits per heavy atom. The van der Waals surface area contributed by atoms with Gasteiger partial charge in [0.1, 0.15) is 0 Å². The molecule has 0 radical (unpaired) electrons. The minimum atomic E-state index is -0.256. The van der Waals surface area contributed by atoms with E-state index >= 15 is 0 Å². The van der Waals surface area contributed by atoms with Gasteiger partial charge in [0, 0.05) is 36.4 Å². The zero-order valence-electron chi connectivity index (χ0n) is 18.5. The van der Waals surface area contributed by atoms with Crippen molar-refractivity contribution in [3.05, 3.63) is 59.5 Å². The van der Waals surface area contributed by atoms with Crippen LogP contribution in [0.4, 0.5) is 16.2 Å². The number of nitrogens with zero attached hydrogens (tertiary/aromatic N) is 3. The van der Waals surface area contributed by atoms with Crippen LogP contribution >= 0.6 is 0 Å². The summed E-state index contributed by atoms with van der Waals surface area (Å²) >= 11 is 0. The Kier molecular flexibility index (Phi) is 6.20. The Hall–Kier alpha value is -3.68. The lowest BCUT2D eigenvalue weighted by Crippen LogP contribution is -2.29. The molecule has 1 saturated heterocycles. The van der Waals surface area contributed by atoms with Crippen molar-refractivity contribution < 1.29 is 14.1 Å². The van der Waals surface area contributed by atoms with Gasteiger partial charge in [0.2, 0.25) is 17.6 Å². The number of urea groups is 1. The first-order valence-corrected chi connectivity index (χ1v) is 10.8. The SMILES string of the molecule is CCCNC(=O)Nc1cccc(-c2noc([C@H]3CC(=O)N(c4ccc(C)c(C)c4)C3)n2)c1. The fourth-order valence-electron chi connectivity index (χ4n) is 3.68. The number of hydrogen-bond donors (Lipinski definition) is 2. The minimum absolute atomic E-state index is 0.0438. The fourth-order valence-corrected chi connectivity index (χ4v) is 3.68. The maximum atomic E-state index is 12.6. The van der Waals surface area contributed by atoms with Crippen molar-refractivity contribution in [1.29, 1.82) is 0 Å². The van der Waals surface area contributed by atoms with Crippen LogP contribution in [0.15, 0.2) is 47.0 Å². The van der Waals surface area contributed by atoms with E-state index in [1.807, 2.05) is 44.2 Å². The standard InChI is InChI=1S/C24H27N5O3/c1-4-10-25-24(31)26-19-7-5-6-17(12-19)22-27-23(32-28-22)18-13-21(30)29(14-18)20-9-8-15(2)16(3)11-20/h5-9,11-12,18H,4,10,13-14H2,1-3H3,(H2,25,26,31)/t18-/m0/s1. The average Bonchev–Trinajstić information content (AvgIpc) is 3.41. The van der Waals surface area contributed by atoms with Gasteiger partial charge in [-0.05, 0) is 55.7 Å². The molecule has 0 unspecified atom stereocenters. The Morgan fingerprint density at radius 2 is 2.03 bits per heavy atom. The van der Waals surface area contributed by atoms with Crippen molar-refractivity contribution in [3.8, 4) is 11.4 Å². The van der Waals surface area contributed by atoms with Crippen molar-refractivity contribution >= 4 is 23.3 Å². The van der Waals surface area contributed by atoms with Crippen LogP contribution < -0.4 is 15.5 Å². The van der Waals surface area contributed by atoms with Crippen molar-refractivity contribution in [3.63, 3.8) is 0 Å². The lowest BCUT2D eigenvalue weighted by atomic mass is 10.1. The van der Waals surface area contributed by atoms with Gasteiger partial charge in [-0.25, -0.2) is 4.79 Å². The Bertz CT molecular complexity index is 1140. The molecule has 1 aliphatic heterocycles. The average molecular weight is 434 g/mol. The molecule has 3 aromatic rings. The number of carbonyl (C=O) groups excluding carboxylic acids is 2. The molecule has 32 heavy (non-hydrogen) atoms. The van der Waals surface area contributed by atoms with E-state index in [2.05, 4.69) is 27.7 Å². The van der Waals surface area contributed by atoms with E-state index in [1.54, 1.807) is 17.0 Å². The van der Waals surface area contributed by atoms with Crippen LogP contribution in [-0.4, -0.2) is 35.2 Å². The number of carbonyl (C=O) groups is 2. The van der Waals surface area contributed by atoms with Crippen LogP contribution in [0.2, 0.25) is 0 Å². The maximum Gasteiger partial charge on any atom is 0.319 e. The minimum Gasteiger partial charge on any atom is -0.339 e. The van der Waals surface area contributed by atoms with E-state index in [1.165, 1.54) is 5.56 Å². The number of anilines is 2. The molecule has 0 aliphatic carbocycles. The second-order valence-electron chi connectivity index (χ2n) is 8.09. The number of amides is 3. The van der Waals surface area contributed by atoms with E-state index in [9.17, 15) is 9.59 Å². The van der Waals surface area contributed by atoms with Crippen molar-refractivity contribution in [2.45, 2.75) is 39.5 Å². The van der Waals surface area contributed by atoms with Gasteiger partial charge in [-0.2, -0.15) is 4.98 Å². The third-order valence-electron chi connectivity index (χ3n) is 5.63. The zero-order chi connectivity index (χ0) is 22.7. The maximum absolute atomic E-state index is 12.6. The third kappa shape index (κ3) is 4.64. The molecular formula is C24H27N5O3. The molecule has 1 aromatic heterocycles. The van der Waals surface area contributed by atoms with Gasteiger partial charge in [0.05, 0.1) is 5.92 Å². The number of hydrogen-bond acceptors (Lipinski definition) is 5. The fraction of sp³-hybridized carbons (Fsp3) is 0.333. The highest BCUT2D eigenvalue weighted by molar-refractivity contribution is 5.96. The molecular weight excluding hydrogens is 406 g/mol. The summed E-state index contributed by atoms with van der Waals surface area (Å²) in [5.74, 6) is 0.752. The summed E-state index contributed by atoms with van der Waals surface area (Å²) in [7, 11) is 0. The van der Waals surface area contributed by atoms with E-state index in [4.69, 9.17) is 4.52 Å². The number of aromatic nitrogens is 2. The summed E-state index contributed by atoms with van der Waals surface area (Å²) in [6.45, 7) is 7.20. The van der Waals surface area contributed by atoms with E-state index in [0.717, 1.165) is 23.2 Å². The van der Waals surface area contributed by atoms with E-state index in [0.29, 0.717) is 36.9 Å². The monoisotopic (exact) mass is 433 g/mol. The summed E-state index contributed by atoms with van der Waals surface area (Å²) in [6.07, 6.45) is 1.19.